The van der Waals surface area contributed by atoms with Gasteiger partial charge < -0.3 is 5.11 Å². The van der Waals surface area contributed by atoms with E-state index in [0.29, 0.717) is 0 Å². The molecular weight excluding hydrogens is 124 g/mol. The molecule has 0 aliphatic heterocycles. The number of aliphatic hydroxyl groups excluding tert-OH is 1. The monoisotopic (exact) mass is 130 g/mol. The number of hydrogen-bond acceptors (Lipinski definition) is 1. The maximum atomic E-state index is 8.51. The van der Waals surface area contributed by atoms with Crippen molar-refractivity contribution >= 4 is 11.6 Å². The second-order valence-electron chi connectivity index (χ2n) is 1.20. The maximum absolute atomic E-state index is 8.51. The zero-order valence-electron chi connectivity index (χ0n) is 4.39. The van der Waals surface area contributed by atoms with Crippen molar-refractivity contribution in [1.82, 2.24) is 0 Å². The van der Waals surface area contributed by atoms with Crippen LogP contribution < -0.4 is 0 Å². The third-order valence-electron chi connectivity index (χ3n) is 0.540. The first-order chi connectivity index (χ1) is 3.68. The van der Waals surface area contributed by atoms with Crippen LogP contribution in [0.3, 0.4) is 0 Å². The van der Waals surface area contributed by atoms with Gasteiger partial charge in [0.05, 0.1) is 5.03 Å². The lowest BCUT2D eigenvalue weighted by atomic mass is 10.4. The molecule has 0 spiro atoms. The Morgan fingerprint density at radius 3 is 2.25 bits per heavy atom. The molecule has 0 aromatic rings. The second kappa shape index (κ2) is 3.33. The van der Waals surface area contributed by atoms with E-state index in [1.165, 1.54) is 12.2 Å². The first kappa shape index (κ1) is 7.31. The largest absolute Gasteiger partial charge is 0.507 e. The first-order valence-electron chi connectivity index (χ1n) is 2.05. The summed E-state index contributed by atoms with van der Waals surface area (Å²) < 4.78 is 0. The average Bonchev–Trinajstić information content (AvgIpc) is 1.67. The van der Waals surface area contributed by atoms with E-state index in [9.17, 15) is 0 Å². The van der Waals surface area contributed by atoms with Gasteiger partial charge in [0, 0.05) is 0 Å². The lowest BCUT2D eigenvalue weighted by Crippen LogP contribution is -1.73. The highest BCUT2D eigenvalue weighted by atomic mass is 35.5. The van der Waals surface area contributed by atoms with Crippen LogP contribution in [-0.4, -0.2) is 5.11 Å². The zero-order chi connectivity index (χ0) is 6.57. The van der Waals surface area contributed by atoms with Crippen molar-refractivity contribution in [3.05, 3.63) is 36.1 Å². The van der Waals surface area contributed by atoms with E-state index in [1.54, 1.807) is 0 Å². The predicted molar refractivity (Wildman–Crippen MR) is 35.9 cm³/mol. The van der Waals surface area contributed by atoms with Gasteiger partial charge in [-0.3, -0.25) is 0 Å². The summed E-state index contributed by atoms with van der Waals surface area (Å²) in [5.74, 6) is -0.133. The normalized spacial score (nSPS) is 10.9. The van der Waals surface area contributed by atoms with Gasteiger partial charge in [0.25, 0.3) is 0 Å². The second-order valence-corrected chi connectivity index (χ2v) is 1.60. The molecular formula is C6H7ClO. The molecule has 8 heavy (non-hydrogen) atoms. The summed E-state index contributed by atoms with van der Waals surface area (Å²) in [5.41, 5.74) is 0. The molecule has 0 fully saturated rings. The Morgan fingerprint density at radius 2 is 2.12 bits per heavy atom. The lowest BCUT2D eigenvalue weighted by molar-refractivity contribution is 0.432. The van der Waals surface area contributed by atoms with Gasteiger partial charge in [-0.15, -0.1) is 0 Å². The standard InChI is InChI=1S/C6H7ClO/c1-3-4-6(7)5(2)8/h3-4,8H,1-2H2/b6-4+. The van der Waals surface area contributed by atoms with Crippen molar-refractivity contribution in [3.63, 3.8) is 0 Å². The summed E-state index contributed by atoms with van der Waals surface area (Å²) in [7, 11) is 0. The van der Waals surface area contributed by atoms with E-state index in [0.717, 1.165) is 0 Å². The summed E-state index contributed by atoms with van der Waals surface area (Å²) in [4.78, 5) is 0. The fourth-order valence-corrected chi connectivity index (χ4v) is 0.289. The van der Waals surface area contributed by atoms with Crippen LogP contribution in [0.25, 0.3) is 0 Å². The number of hydrogen-bond donors (Lipinski definition) is 1. The topological polar surface area (TPSA) is 20.2 Å². The van der Waals surface area contributed by atoms with Gasteiger partial charge in [-0.1, -0.05) is 30.8 Å². The van der Waals surface area contributed by atoms with Crippen molar-refractivity contribution in [2.45, 2.75) is 0 Å². The molecule has 0 radical (unpaired) electrons. The third-order valence-corrected chi connectivity index (χ3v) is 0.884. The minimum Gasteiger partial charge on any atom is -0.507 e. The van der Waals surface area contributed by atoms with Crippen LogP contribution in [0.5, 0.6) is 0 Å². The third kappa shape index (κ3) is 2.48. The van der Waals surface area contributed by atoms with E-state index in [1.807, 2.05) is 0 Å². The summed E-state index contributed by atoms with van der Waals surface area (Å²) in [6.45, 7) is 6.55. The summed E-state index contributed by atoms with van der Waals surface area (Å²) >= 11 is 5.36. The lowest BCUT2D eigenvalue weighted by Gasteiger charge is -1.88. The Labute approximate surface area is 53.6 Å². The maximum Gasteiger partial charge on any atom is 0.127 e. The van der Waals surface area contributed by atoms with Gasteiger partial charge in [-0.2, -0.15) is 0 Å². The molecule has 0 rings (SSSR count). The van der Waals surface area contributed by atoms with Crippen LogP contribution >= 0.6 is 11.6 Å². The molecule has 0 heterocycles. The summed E-state index contributed by atoms with van der Waals surface area (Å²) in [6.07, 6.45) is 2.94. The van der Waals surface area contributed by atoms with Gasteiger partial charge in [-0.25, -0.2) is 0 Å². The average molecular weight is 131 g/mol. The van der Waals surface area contributed by atoms with Crippen molar-refractivity contribution in [1.29, 1.82) is 0 Å². The van der Waals surface area contributed by atoms with Crippen LogP contribution in [0, 0.1) is 0 Å². The van der Waals surface area contributed by atoms with Crippen molar-refractivity contribution in [2.75, 3.05) is 0 Å². The number of halogens is 1. The molecule has 0 aromatic carbocycles. The van der Waals surface area contributed by atoms with Crippen molar-refractivity contribution in [3.8, 4) is 0 Å². The van der Waals surface area contributed by atoms with Crippen LogP contribution in [0.2, 0.25) is 0 Å². The Balaban J connectivity index is 3.99. The highest BCUT2D eigenvalue weighted by molar-refractivity contribution is 6.31. The van der Waals surface area contributed by atoms with Crippen LogP contribution in [0.15, 0.2) is 36.1 Å². The van der Waals surface area contributed by atoms with Crippen molar-refractivity contribution in [2.24, 2.45) is 0 Å². The summed E-state index contributed by atoms with van der Waals surface area (Å²) in [6, 6.07) is 0. The Hall–Kier alpha value is -0.690. The molecule has 0 bridgehead atoms. The van der Waals surface area contributed by atoms with E-state index < -0.39 is 0 Å². The highest BCUT2D eigenvalue weighted by Crippen LogP contribution is 2.07. The SMILES string of the molecule is C=C/C=C(/Cl)C(=C)O. The fourth-order valence-electron chi connectivity index (χ4n) is 0.200. The predicted octanol–water partition coefficient (Wildman–Crippen LogP) is 2.37. The van der Waals surface area contributed by atoms with E-state index in [2.05, 4.69) is 13.2 Å². The molecule has 0 aliphatic carbocycles. The quantitative estimate of drug-likeness (QED) is 0.450. The molecule has 0 unspecified atom stereocenters. The van der Waals surface area contributed by atoms with Gasteiger partial charge in [0.2, 0.25) is 0 Å². The van der Waals surface area contributed by atoms with Gasteiger partial charge >= 0.3 is 0 Å². The molecule has 1 N–H and O–H groups in total. The highest BCUT2D eigenvalue weighted by Gasteiger charge is 1.89. The molecule has 0 saturated heterocycles. The molecule has 0 saturated carbocycles. The molecule has 0 amide bonds. The minimum atomic E-state index is -0.133. The molecule has 0 aliphatic rings. The Kier molecular flexibility index (Phi) is 3.04. The molecule has 0 atom stereocenters. The Bertz CT molecular complexity index is 135. The van der Waals surface area contributed by atoms with Crippen LogP contribution in [0.1, 0.15) is 0 Å². The summed E-state index contributed by atoms with van der Waals surface area (Å²) in [5, 5.41) is 8.73. The first-order valence-corrected chi connectivity index (χ1v) is 2.42. The molecule has 0 aromatic heterocycles. The molecule has 1 nitrogen and oxygen atoms in total. The van der Waals surface area contributed by atoms with Gasteiger partial charge in [0.15, 0.2) is 0 Å². The fraction of sp³-hybridized carbons (Fsp3) is 0. The van der Waals surface area contributed by atoms with E-state index >= 15 is 0 Å². The van der Waals surface area contributed by atoms with Gasteiger partial charge in [0.1, 0.15) is 5.76 Å². The van der Waals surface area contributed by atoms with E-state index in [4.69, 9.17) is 16.7 Å². The number of allylic oxidation sites excluding steroid dienone is 3. The van der Waals surface area contributed by atoms with Crippen LogP contribution in [0.4, 0.5) is 0 Å². The minimum absolute atomic E-state index is 0.133. The zero-order valence-corrected chi connectivity index (χ0v) is 5.15. The van der Waals surface area contributed by atoms with Gasteiger partial charge in [-0.05, 0) is 6.08 Å². The van der Waals surface area contributed by atoms with Crippen molar-refractivity contribution < 1.29 is 5.11 Å². The molecule has 44 valence electrons. The Morgan fingerprint density at radius 1 is 1.62 bits per heavy atom. The smallest absolute Gasteiger partial charge is 0.127 e. The van der Waals surface area contributed by atoms with E-state index in [-0.39, 0.29) is 10.8 Å². The van der Waals surface area contributed by atoms with Crippen LogP contribution in [-0.2, 0) is 0 Å². The number of aliphatic hydroxyl groups is 1. The molecule has 2 heteroatoms. The number of rotatable bonds is 2.